The molecule has 1 aliphatic heterocycles. The largest absolute Gasteiger partial charge is 0.362 e. The lowest BCUT2D eigenvalue weighted by atomic mass is 10.1. The Labute approximate surface area is 112 Å². The van der Waals surface area contributed by atoms with Gasteiger partial charge in [-0.15, -0.1) is 0 Å². The maximum Gasteiger partial charge on any atom is 0.101 e. The molecule has 0 spiro atoms. The van der Waals surface area contributed by atoms with Gasteiger partial charge in [-0.2, -0.15) is 0 Å². The highest BCUT2D eigenvalue weighted by Crippen LogP contribution is 2.39. The third-order valence-electron chi connectivity index (χ3n) is 3.50. The van der Waals surface area contributed by atoms with Crippen molar-refractivity contribution in [2.75, 3.05) is 0 Å². The minimum absolute atomic E-state index is 0.203. The Balaban J connectivity index is 2.28. The predicted octanol–water partition coefficient (Wildman–Crippen LogP) is 4.73. The van der Waals surface area contributed by atoms with E-state index in [9.17, 15) is 0 Å². The Hall–Kier alpha value is -0.863. The van der Waals surface area contributed by atoms with E-state index in [0.29, 0.717) is 6.10 Å². The average Bonchev–Trinajstić information content (AvgIpc) is 2.75. The first-order chi connectivity index (χ1) is 8.52. The molecule has 2 heteroatoms. The summed E-state index contributed by atoms with van der Waals surface area (Å²) in [5.41, 5.74) is 1.31. The lowest BCUT2D eigenvalue weighted by Crippen LogP contribution is -2.27. The van der Waals surface area contributed by atoms with E-state index in [1.165, 1.54) is 12.0 Å². The van der Waals surface area contributed by atoms with Crippen LogP contribution in [0.3, 0.4) is 0 Å². The van der Waals surface area contributed by atoms with Gasteiger partial charge in [0, 0.05) is 0 Å². The molecule has 0 saturated heterocycles. The van der Waals surface area contributed by atoms with Crippen molar-refractivity contribution in [1.82, 2.24) is 0 Å². The van der Waals surface area contributed by atoms with Gasteiger partial charge in [-0.05, 0) is 12.0 Å². The normalized spacial score (nSPS) is 24.1. The molecular weight excluding hydrogens is 236 g/mol. The quantitative estimate of drug-likeness (QED) is 0.711. The Morgan fingerprint density at radius 2 is 1.78 bits per heavy atom. The second-order valence-electron chi connectivity index (χ2n) is 6.13. The fourth-order valence-electron chi connectivity index (χ4n) is 2.54. The molecule has 1 aliphatic rings. The summed E-state index contributed by atoms with van der Waals surface area (Å²) in [7, 11) is -1.30. The van der Waals surface area contributed by atoms with Crippen LogP contribution in [0.25, 0.3) is 0 Å². The minimum atomic E-state index is -1.30. The van der Waals surface area contributed by atoms with Crippen molar-refractivity contribution in [3.8, 4) is 0 Å². The number of hydrogen-bond acceptors (Lipinski definition) is 1. The summed E-state index contributed by atoms with van der Waals surface area (Å²) in [6.07, 6.45) is 5.25. The molecule has 1 aromatic carbocycles. The second kappa shape index (κ2) is 5.41. The molecule has 0 saturated carbocycles. The summed E-state index contributed by atoms with van der Waals surface area (Å²) in [4.78, 5) is 0. The number of rotatable bonds is 4. The molecule has 2 atom stereocenters. The van der Waals surface area contributed by atoms with Crippen molar-refractivity contribution in [3.63, 3.8) is 0 Å². The lowest BCUT2D eigenvalue weighted by molar-refractivity contribution is 0.0533. The molecule has 0 N–H and O–H groups in total. The standard InChI is InChI=1S/C16H24OSi/c1-5-9-14-12-15(18(2,3)4)16(17-14)13-10-7-6-8-11-13/h6-8,10-12,14,16H,5,9H2,1-4H3. The van der Waals surface area contributed by atoms with Crippen molar-refractivity contribution in [2.24, 2.45) is 0 Å². The first-order valence-corrected chi connectivity index (χ1v) is 10.4. The van der Waals surface area contributed by atoms with E-state index in [0.717, 1.165) is 6.42 Å². The number of hydrogen-bond donors (Lipinski definition) is 0. The van der Waals surface area contributed by atoms with E-state index in [1.54, 1.807) is 5.20 Å². The molecule has 1 heterocycles. The fraction of sp³-hybridized carbons (Fsp3) is 0.500. The van der Waals surface area contributed by atoms with Gasteiger partial charge in [-0.25, -0.2) is 0 Å². The molecule has 0 bridgehead atoms. The van der Waals surface area contributed by atoms with Crippen LogP contribution in [-0.4, -0.2) is 14.2 Å². The van der Waals surface area contributed by atoms with Crippen molar-refractivity contribution in [3.05, 3.63) is 47.2 Å². The summed E-state index contributed by atoms with van der Waals surface area (Å²) < 4.78 is 6.27. The highest BCUT2D eigenvalue weighted by atomic mass is 28.3. The average molecular weight is 260 g/mol. The molecule has 0 amide bonds. The Kier molecular flexibility index (Phi) is 4.08. The zero-order chi connectivity index (χ0) is 13.2. The summed E-state index contributed by atoms with van der Waals surface area (Å²) in [6.45, 7) is 9.45. The number of benzene rings is 1. The van der Waals surface area contributed by atoms with E-state index in [4.69, 9.17) is 4.74 Å². The maximum atomic E-state index is 6.27. The Morgan fingerprint density at radius 3 is 2.33 bits per heavy atom. The summed E-state index contributed by atoms with van der Waals surface area (Å²) in [5, 5.41) is 1.56. The van der Waals surface area contributed by atoms with Crippen LogP contribution in [-0.2, 0) is 4.74 Å². The van der Waals surface area contributed by atoms with E-state index >= 15 is 0 Å². The van der Waals surface area contributed by atoms with Gasteiger partial charge < -0.3 is 4.74 Å². The van der Waals surface area contributed by atoms with Gasteiger partial charge in [0.1, 0.15) is 6.10 Å². The van der Waals surface area contributed by atoms with Crippen LogP contribution < -0.4 is 0 Å². The van der Waals surface area contributed by atoms with E-state index in [2.05, 4.69) is 63.0 Å². The monoisotopic (exact) mass is 260 g/mol. The molecular formula is C16H24OSi. The molecule has 2 rings (SSSR count). The Morgan fingerprint density at radius 1 is 1.11 bits per heavy atom. The SMILES string of the molecule is CCCC1C=C([Si](C)(C)C)C(c2ccccc2)O1. The van der Waals surface area contributed by atoms with E-state index in [-0.39, 0.29) is 6.10 Å². The molecule has 1 nitrogen and oxygen atoms in total. The first kappa shape index (κ1) is 13.6. The van der Waals surface area contributed by atoms with Crippen LogP contribution in [0, 0.1) is 0 Å². The zero-order valence-electron chi connectivity index (χ0n) is 11.9. The van der Waals surface area contributed by atoms with Crippen LogP contribution in [0.2, 0.25) is 19.6 Å². The van der Waals surface area contributed by atoms with Crippen LogP contribution in [0.4, 0.5) is 0 Å². The summed E-state index contributed by atoms with van der Waals surface area (Å²) in [5.74, 6) is 0. The predicted molar refractivity (Wildman–Crippen MR) is 80.4 cm³/mol. The maximum absolute atomic E-state index is 6.27. The fourth-order valence-corrected chi connectivity index (χ4v) is 4.25. The summed E-state index contributed by atoms with van der Waals surface area (Å²) >= 11 is 0. The molecule has 0 fully saturated rings. The highest BCUT2D eigenvalue weighted by Gasteiger charge is 2.35. The van der Waals surface area contributed by atoms with Gasteiger partial charge >= 0.3 is 0 Å². The van der Waals surface area contributed by atoms with E-state index in [1.807, 2.05) is 0 Å². The van der Waals surface area contributed by atoms with Crippen LogP contribution in [0.15, 0.2) is 41.6 Å². The van der Waals surface area contributed by atoms with Gasteiger partial charge in [0.25, 0.3) is 0 Å². The molecule has 2 unspecified atom stereocenters. The van der Waals surface area contributed by atoms with Crippen LogP contribution >= 0.6 is 0 Å². The molecule has 0 aliphatic carbocycles. The Bertz CT molecular complexity index is 416. The van der Waals surface area contributed by atoms with Gasteiger partial charge in [-0.1, -0.05) is 74.6 Å². The summed E-state index contributed by atoms with van der Waals surface area (Å²) in [6, 6.07) is 10.7. The molecule has 0 radical (unpaired) electrons. The highest BCUT2D eigenvalue weighted by molar-refractivity contribution is 6.83. The van der Waals surface area contributed by atoms with Crippen molar-refractivity contribution >= 4 is 8.07 Å². The molecule has 1 aromatic rings. The number of ether oxygens (including phenoxy) is 1. The molecule has 18 heavy (non-hydrogen) atoms. The topological polar surface area (TPSA) is 9.23 Å². The third-order valence-corrected chi connectivity index (χ3v) is 5.66. The third kappa shape index (κ3) is 2.93. The first-order valence-electron chi connectivity index (χ1n) is 6.95. The zero-order valence-corrected chi connectivity index (χ0v) is 12.9. The van der Waals surface area contributed by atoms with E-state index < -0.39 is 8.07 Å². The smallest absolute Gasteiger partial charge is 0.101 e. The second-order valence-corrected chi connectivity index (χ2v) is 11.2. The van der Waals surface area contributed by atoms with Gasteiger partial charge in [0.15, 0.2) is 0 Å². The lowest BCUT2D eigenvalue weighted by Gasteiger charge is -2.25. The van der Waals surface area contributed by atoms with Gasteiger partial charge in [-0.3, -0.25) is 0 Å². The van der Waals surface area contributed by atoms with Crippen molar-refractivity contribution < 1.29 is 4.74 Å². The van der Waals surface area contributed by atoms with Crippen LogP contribution in [0.1, 0.15) is 31.4 Å². The van der Waals surface area contributed by atoms with Crippen LogP contribution in [0.5, 0.6) is 0 Å². The van der Waals surface area contributed by atoms with Crippen molar-refractivity contribution in [2.45, 2.75) is 51.6 Å². The van der Waals surface area contributed by atoms with Gasteiger partial charge in [0.2, 0.25) is 0 Å². The minimum Gasteiger partial charge on any atom is -0.362 e. The van der Waals surface area contributed by atoms with Gasteiger partial charge in [0.05, 0.1) is 14.2 Å². The van der Waals surface area contributed by atoms with Crippen molar-refractivity contribution in [1.29, 1.82) is 0 Å². The molecule has 0 aromatic heterocycles. The molecule has 98 valence electrons.